The van der Waals surface area contributed by atoms with Crippen molar-refractivity contribution in [1.82, 2.24) is 15.3 Å². The fraction of sp³-hybridized carbons (Fsp3) is 0.267. The SMILES string of the molecule is COc1ccc(C(=O)N[C@@H](Cc2cnc[nH]2)C(=O)O)cc1OC. The van der Waals surface area contributed by atoms with E-state index in [-0.39, 0.29) is 12.0 Å². The molecule has 1 atom stereocenters. The molecule has 0 saturated carbocycles. The number of nitrogens with one attached hydrogen (secondary N) is 2. The van der Waals surface area contributed by atoms with E-state index in [1.54, 1.807) is 6.07 Å². The smallest absolute Gasteiger partial charge is 0.326 e. The summed E-state index contributed by atoms with van der Waals surface area (Å²) < 4.78 is 10.2. The minimum atomic E-state index is -1.13. The zero-order valence-corrected chi connectivity index (χ0v) is 12.7. The van der Waals surface area contributed by atoms with E-state index in [0.29, 0.717) is 17.2 Å². The van der Waals surface area contributed by atoms with Crippen molar-refractivity contribution in [2.75, 3.05) is 14.2 Å². The number of ether oxygens (including phenoxy) is 2. The minimum absolute atomic E-state index is 0.106. The van der Waals surface area contributed by atoms with Gasteiger partial charge in [-0.3, -0.25) is 4.79 Å². The molecule has 1 amide bonds. The highest BCUT2D eigenvalue weighted by molar-refractivity contribution is 5.97. The summed E-state index contributed by atoms with van der Waals surface area (Å²) in [6.07, 6.45) is 3.07. The molecule has 0 aliphatic carbocycles. The van der Waals surface area contributed by atoms with Crippen LogP contribution in [0.5, 0.6) is 11.5 Å². The second-order valence-electron chi connectivity index (χ2n) is 4.72. The standard InChI is InChI=1S/C15H17N3O5/c1-22-12-4-3-9(5-13(12)23-2)14(19)18-11(15(20)21)6-10-7-16-8-17-10/h3-5,7-8,11H,6H2,1-2H3,(H,16,17)(H,18,19)(H,20,21)/t11-/m0/s1. The Hall–Kier alpha value is -3.03. The summed E-state index contributed by atoms with van der Waals surface area (Å²) >= 11 is 0. The quantitative estimate of drug-likeness (QED) is 0.697. The van der Waals surface area contributed by atoms with E-state index in [2.05, 4.69) is 15.3 Å². The van der Waals surface area contributed by atoms with Crippen molar-refractivity contribution >= 4 is 11.9 Å². The number of aromatic amines is 1. The molecule has 2 rings (SSSR count). The Morgan fingerprint density at radius 1 is 1.30 bits per heavy atom. The van der Waals surface area contributed by atoms with Gasteiger partial charge >= 0.3 is 5.97 Å². The van der Waals surface area contributed by atoms with Crippen molar-refractivity contribution in [2.45, 2.75) is 12.5 Å². The number of imidazole rings is 1. The Morgan fingerprint density at radius 2 is 2.04 bits per heavy atom. The maximum Gasteiger partial charge on any atom is 0.326 e. The first-order valence-electron chi connectivity index (χ1n) is 6.78. The Balaban J connectivity index is 2.13. The predicted octanol–water partition coefficient (Wildman–Crippen LogP) is 0.853. The summed E-state index contributed by atoms with van der Waals surface area (Å²) in [5.74, 6) is -0.775. The molecule has 0 saturated heterocycles. The zero-order chi connectivity index (χ0) is 16.8. The van der Waals surface area contributed by atoms with Gasteiger partial charge in [-0.2, -0.15) is 0 Å². The van der Waals surface area contributed by atoms with Crippen molar-refractivity contribution in [2.24, 2.45) is 0 Å². The molecule has 1 aromatic carbocycles. The van der Waals surface area contributed by atoms with Crippen LogP contribution >= 0.6 is 0 Å². The lowest BCUT2D eigenvalue weighted by Crippen LogP contribution is -2.42. The number of H-pyrrole nitrogens is 1. The van der Waals surface area contributed by atoms with Crippen molar-refractivity contribution in [1.29, 1.82) is 0 Å². The predicted molar refractivity (Wildman–Crippen MR) is 80.7 cm³/mol. The average Bonchev–Trinajstić information content (AvgIpc) is 3.06. The van der Waals surface area contributed by atoms with Crippen molar-refractivity contribution in [3.63, 3.8) is 0 Å². The Kier molecular flexibility index (Phi) is 5.19. The summed E-state index contributed by atoms with van der Waals surface area (Å²) in [4.78, 5) is 30.2. The van der Waals surface area contributed by atoms with Crippen LogP contribution in [0.25, 0.3) is 0 Å². The van der Waals surface area contributed by atoms with Crippen LogP contribution in [-0.4, -0.2) is 47.2 Å². The molecule has 0 aliphatic rings. The van der Waals surface area contributed by atoms with E-state index >= 15 is 0 Å². The van der Waals surface area contributed by atoms with Gasteiger partial charge in [0.2, 0.25) is 0 Å². The normalized spacial score (nSPS) is 11.6. The lowest BCUT2D eigenvalue weighted by atomic mass is 10.1. The van der Waals surface area contributed by atoms with Gasteiger partial charge in [0, 0.05) is 23.9 Å². The first kappa shape index (κ1) is 16.3. The van der Waals surface area contributed by atoms with Gasteiger partial charge in [-0.1, -0.05) is 0 Å². The number of carbonyl (C=O) groups excluding carboxylic acids is 1. The molecule has 1 aromatic heterocycles. The first-order chi connectivity index (χ1) is 11.0. The van der Waals surface area contributed by atoms with Gasteiger partial charge in [-0.05, 0) is 18.2 Å². The van der Waals surface area contributed by atoms with Gasteiger partial charge in [0.25, 0.3) is 5.91 Å². The van der Waals surface area contributed by atoms with Crippen LogP contribution in [0.15, 0.2) is 30.7 Å². The molecule has 0 spiro atoms. The summed E-state index contributed by atoms with van der Waals surface area (Å²) in [7, 11) is 2.94. The fourth-order valence-electron chi connectivity index (χ4n) is 2.04. The Bertz CT molecular complexity index is 684. The average molecular weight is 319 g/mol. The van der Waals surface area contributed by atoms with Crippen molar-refractivity contribution in [3.8, 4) is 11.5 Å². The molecule has 1 heterocycles. The van der Waals surface area contributed by atoms with E-state index in [4.69, 9.17) is 9.47 Å². The van der Waals surface area contributed by atoms with E-state index < -0.39 is 17.9 Å². The number of amides is 1. The molecule has 122 valence electrons. The third-order valence-electron chi connectivity index (χ3n) is 3.23. The summed E-state index contributed by atoms with van der Waals surface area (Å²) in [5, 5.41) is 11.7. The van der Waals surface area contributed by atoms with E-state index in [1.807, 2.05) is 0 Å². The molecule has 8 nitrogen and oxygen atoms in total. The van der Waals surface area contributed by atoms with Crippen LogP contribution in [0.3, 0.4) is 0 Å². The second-order valence-corrected chi connectivity index (χ2v) is 4.72. The lowest BCUT2D eigenvalue weighted by molar-refractivity contribution is -0.139. The number of carboxylic acid groups (broad SMARTS) is 1. The highest BCUT2D eigenvalue weighted by Gasteiger charge is 2.22. The summed E-state index contributed by atoms with van der Waals surface area (Å²) in [6, 6.07) is 3.53. The second kappa shape index (κ2) is 7.30. The van der Waals surface area contributed by atoms with Gasteiger partial charge < -0.3 is 24.9 Å². The number of aromatic nitrogens is 2. The molecule has 0 radical (unpaired) electrons. The Labute approximate surface area is 132 Å². The molecular weight excluding hydrogens is 302 g/mol. The monoisotopic (exact) mass is 319 g/mol. The molecule has 3 N–H and O–H groups in total. The van der Waals surface area contributed by atoms with Gasteiger partial charge in [-0.15, -0.1) is 0 Å². The highest BCUT2D eigenvalue weighted by Crippen LogP contribution is 2.27. The molecule has 2 aromatic rings. The van der Waals surface area contributed by atoms with Gasteiger partial charge in [0.05, 0.1) is 20.5 Å². The summed E-state index contributed by atoms with van der Waals surface area (Å²) in [6.45, 7) is 0. The highest BCUT2D eigenvalue weighted by atomic mass is 16.5. The van der Waals surface area contributed by atoms with E-state index in [1.165, 1.54) is 38.9 Å². The topological polar surface area (TPSA) is 114 Å². The molecular formula is C15H17N3O5. The molecule has 0 unspecified atom stereocenters. The molecule has 0 aliphatic heterocycles. The number of carbonyl (C=O) groups is 2. The number of hydrogen-bond acceptors (Lipinski definition) is 5. The Morgan fingerprint density at radius 3 is 2.61 bits per heavy atom. The molecule has 0 bridgehead atoms. The summed E-state index contributed by atoms with van der Waals surface area (Å²) in [5.41, 5.74) is 0.892. The number of nitrogens with zero attached hydrogens (tertiary/aromatic N) is 1. The third kappa shape index (κ3) is 4.00. The van der Waals surface area contributed by atoms with Crippen LogP contribution in [-0.2, 0) is 11.2 Å². The van der Waals surface area contributed by atoms with Crippen LogP contribution in [0.2, 0.25) is 0 Å². The lowest BCUT2D eigenvalue weighted by Gasteiger charge is -2.14. The number of carboxylic acids is 1. The van der Waals surface area contributed by atoms with Gasteiger partial charge in [0.1, 0.15) is 6.04 Å². The number of rotatable bonds is 7. The van der Waals surface area contributed by atoms with E-state index in [9.17, 15) is 14.7 Å². The molecule has 8 heteroatoms. The first-order valence-corrected chi connectivity index (χ1v) is 6.78. The fourth-order valence-corrected chi connectivity index (χ4v) is 2.04. The van der Waals surface area contributed by atoms with Crippen molar-refractivity contribution in [3.05, 3.63) is 42.0 Å². The minimum Gasteiger partial charge on any atom is -0.493 e. The van der Waals surface area contributed by atoms with E-state index in [0.717, 1.165) is 0 Å². The third-order valence-corrected chi connectivity index (χ3v) is 3.23. The van der Waals surface area contributed by atoms with Crippen LogP contribution in [0.1, 0.15) is 16.1 Å². The van der Waals surface area contributed by atoms with Gasteiger partial charge in [-0.25, -0.2) is 9.78 Å². The molecule has 23 heavy (non-hydrogen) atoms. The van der Waals surface area contributed by atoms with Crippen LogP contribution in [0, 0.1) is 0 Å². The molecule has 0 fully saturated rings. The zero-order valence-electron chi connectivity index (χ0n) is 12.7. The van der Waals surface area contributed by atoms with Crippen molar-refractivity contribution < 1.29 is 24.2 Å². The largest absolute Gasteiger partial charge is 0.493 e. The number of benzene rings is 1. The maximum atomic E-state index is 12.3. The number of hydrogen-bond donors (Lipinski definition) is 3. The van der Waals surface area contributed by atoms with Crippen LogP contribution < -0.4 is 14.8 Å². The number of methoxy groups -OCH3 is 2. The maximum absolute atomic E-state index is 12.3. The number of aliphatic carboxylic acids is 1. The van der Waals surface area contributed by atoms with Crippen LogP contribution in [0.4, 0.5) is 0 Å². The van der Waals surface area contributed by atoms with Gasteiger partial charge in [0.15, 0.2) is 11.5 Å².